The second-order valence-electron chi connectivity index (χ2n) is 6.85. The summed E-state index contributed by atoms with van der Waals surface area (Å²) in [6.07, 6.45) is 4.13. The Morgan fingerprint density at radius 1 is 1.24 bits per heavy atom. The molecule has 0 saturated heterocycles. The van der Waals surface area contributed by atoms with Crippen LogP contribution in [0.25, 0.3) is 0 Å². The highest BCUT2D eigenvalue weighted by Crippen LogP contribution is 2.38. The van der Waals surface area contributed by atoms with Gasteiger partial charge in [-0.1, -0.05) is 44.5 Å². The Morgan fingerprint density at radius 2 is 1.90 bits per heavy atom. The molecule has 0 aromatic heterocycles. The molecule has 2 nitrogen and oxygen atoms in total. The van der Waals surface area contributed by atoms with E-state index in [4.69, 9.17) is 0 Å². The topological polar surface area (TPSA) is 15.3 Å². The van der Waals surface area contributed by atoms with E-state index in [0.717, 1.165) is 19.0 Å². The molecule has 118 valence electrons. The fraction of sp³-hybridized carbons (Fsp3) is 0.684. The van der Waals surface area contributed by atoms with Crippen molar-refractivity contribution >= 4 is 0 Å². The van der Waals surface area contributed by atoms with Crippen LogP contribution in [0, 0.1) is 0 Å². The molecule has 0 amide bonds. The van der Waals surface area contributed by atoms with Gasteiger partial charge in [0.25, 0.3) is 0 Å². The molecule has 21 heavy (non-hydrogen) atoms. The fourth-order valence-corrected chi connectivity index (χ4v) is 3.88. The summed E-state index contributed by atoms with van der Waals surface area (Å²) < 4.78 is 0. The van der Waals surface area contributed by atoms with Gasteiger partial charge in [-0.3, -0.25) is 4.90 Å². The van der Waals surface area contributed by atoms with Gasteiger partial charge in [-0.25, -0.2) is 0 Å². The lowest BCUT2D eigenvalue weighted by Crippen LogP contribution is -2.52. The second kappa shape index (κ2) is 6.93. The first kappa shape index (κ1) is 16.5. The normalized spacial score (nSPS) is 17.8. The van der Waals surface area contributed by atoms with E-state index < -0.39 is 0 Å². The van der Waals surface area contributed by atoms with E-state index in [1.807, 2.05) is 0 Å². The maximum atomic E-state index is 3.57. The van der Waals surface area contributed by atoms with E-state index in [-0.39, 0.29) is 5.54 Å². The van der Waals surface area contributed by atoms with Gasteiger partial charge in [0.1, 0.15) is 0 Å². The van der Waals surface area contributed by atoms with Crippen molar-refractivity contribution in [2.75, 3.05) is 20.1 Å². The van der Waals surface area contributed by atoms with Crippen molar-refractivity contribution in [3.63, 3.8) is 0 Å². The molecule has 1 fully saturated rings. The Labute approximate surface area is 130 Å². The maximum absolute atomic E-state index is 3.57. The van der Waals surface area contributed by atoms with E-state index in [1.54, 1.807) is 0 Å². The van der Waals surface area contributed by atoms with Gasteiger partial charge in [-0.05, 0) is 63.9 Å². The van der Waals surface area contributed by atoms with Crippen molar-refractivity contribution < 1.29 is 0 Å². The van der Waals surface area contributed by atoms with Crippen molar-refractivity contribution in [2.24, 2.45) is 0 Å². The summed E-state index contributed by atoms with van der Waals surface area (Å²) in [5.41, 5.74) is 3.07. The Kier molecular flexibility index (Phi) is 5.45. The van der Waals surface area contributed by atoms with E-state index in [2.05, 4.69) is 69.2 Å². The van der Waals surface area contributed by atoms with Crippen LogP contribution in [-0.2, 0) is 0 Å². The van der Waals surface area contributed by atoms with Crippen LogP contribution in [0.15, 0.2) is 24.3 Å². The van der Waals surface area contributed by atoms with E-state index in [1.165, 1.54) is 30.4 Å². The SMILES string of the molecule is CCN(CC)C(C)(C)C(NC)c1cccc(C2CCC2)c1. The van der Waals surface area contributed by atoms with Crippen LogP contribution in [0.4, 0.5) is 0 Å². The Hall–Kier alpha value is -0.860. The van der Waals surface area contributed by atoms with Crippen LogP contribution in [0.3, 0.4) is 0 Å². The van der Waals surface area contributed by atoms with Crippen LogP contribution in [-0.4, -0.2) is 30.6 Å². The smallest absolute Gasteiger partial charge is 0.0499 e. The third kappa shape index (κ3) is 3.32. The number of hydrogen-bond acceptors (Lipinski definition) is 2. The van der Waals surface area contributed by atoms with Gasteiger partial charge < -0.3 is 5.32 Å². The predicted molar refractivity (Wildman–Crippen MR) is 91.8 cm³/mol. The molecule has 1 aliphatic carbocycles. The number of nitrogens with one attached hydrogen (secondary N) is 1. The van der Waals surface area contributed by atoms with Gasteiger partial charge in [0.05, 0.1) is 0 Å². The summed E-state index contributed by atoms with van der Waals surface area (Å²) in [6, 6.07) is 9.64. The zero-order chi connectivity index (χ0) is 15.5. The van der Waals surface area contributed by atoms with Crippen molar-refractivity contribution in [3.05, 3.63) is 35.4 Å². The molecule has 1 atom stereocenters. The van der Waals surface area contributed by atoms with Crippen molar-refractivity contribution in [2.45, 2.75) is 64.5 Å². The van der Waals surface area contributed by atoms with Gasteiger partial charge in [-0.15, -0.1) is 0 Å². The highest BCUT2D eigenvalue weighted by atomic mass is 15.2. The lowest BCUT2D eigenvalue weighted by molar-refractivity contribution is 0.0944. The summed E-state index contributed by atoms with van der Waals surface area (Å²) >= 11 is 0. The highest BCUT2D eigenvalue weighted by molar-refractivity contribution is 5.31. The minimum atomic E-state index is 0.108. The van der Waals surface area contributed by atoms with Crippen LogP contribution in [0.2, 0.25) is 0 Å². The molecule has 1 aromatic carbocycles. The van der Waals surface area contributed by atoms with Crippen LogP contribution < -0.4 is 5.32 Å². The monoisotopic (exact) mass is 288 g/mol. The van der Waals surface area contributed by atoms with Gasteiger partial charge in [-0.2, -0.15) is 0 Å². The van der Waals surface area contributed by atoms with Crippen molar-refractivity contribution in [1.29, 1.82) is 0 Å². The largest absolute Gasteiger partial charge is 0.311 e. The molecule has 1 unspecified atom stereocenters. The van der Waals surface area contributed by atoms with Gasteiger partial charge >= 0.3 is 0 Å². The van der Waals surface area contributed by atoms with Crippen molar-refractivity contribution in [3.8, 4) is 0 Å². The highest BCUT2D eigenvalue weighted by Gasteiger charge is 2.34. The first-order valence-electron chi connectivity index (χ1n) is 8.56. The molecule has 1 aliphatic rings. The Balaban J connectivity index is 2.27. The zero-order valence-electron chi connectivity index (χ0n) is 14.4. The Morgan fingerprint density at radius 3 is 2.38 bits per heavy atom. The Bertz CT molecular complexity index is 445. The summed E-state index contributed by atoms with van der Waals surface area (Å²) in [5.74, 6) is 0.805. The van der Waals surface area contributed by atoms with Gasteiger partial charge in [0.2, 0.25) is 0 Å². The fourth-order valence-electron chi connectivity index (χ4n) is 3.88. The molecule has 2 rings (SSSR count). The molecular weight excluding hydrogens is 256 g/mol. The zero-order valence-corrected chi connectivity index (χ0v) is 14.4. The first-order chi connectivity index (χ1) is 10.0. The summed E-state index contributed by atoms with van der Waals surface area (Å²) in [6.45, 7) is 11.4. The molecule has 1 N–H and O–H groups in total. The summed E-state index contributed by atoms with van der Waals surface area (Å²) in [4.78, 5) is 2.55. The van der Waals surface area contributed by atoms with Crippen molar-refractivity contribution in [1.82, 2.24) is 10.2 Å². The summed E-state index contributed by atoms with van der Waals surface area (Å²) in [5, 5.41) is 3.57. The molecule has 0 radical (unpaired) electrons. The summed E-state index contributed by atoms with van der Waals surface area (Å²) in [7, 11) is 2.09. The second-order valence-corrected chi connectivity index (χ2v) is 6.85. The van der Waals surface area contributed by atoms with E-state index in [0.29, 0.717) is 6.04 Å². The number of nitrogens with zero attached hydrogens (tertiary/aromatic N) is 1. The number of rotatable bonds is 7. The quantitative estimate of drug-likeness (QED) is 0.803. The van der Waals surface area contributed by atoms with Gasteiger partial charge in [0, 0.05) is 11.6 Å². The number of hydrogen-bond donors (Lipinski definition) is 1. The lowest BCUT2D eigenvalue weighted by Gasteiger charge is -2.44. The molecule has 0 aliphatic heterocycles. The standard InChI is InChI=1S/C19H32N2/c1-6-21(7-2)19(3,4)18(20-5)17-13-9-12-16(14-17)15-10-8-11-15/h9,12-15,18,20H,6-8,10-11H2,1-5H3. The lowest BCUT2D eigenvalue weighted by atomic mass is 9.78. The maximum Gasteiger partial charge on any atom is 0.0499 e. The third-order valence-corrected chi connectivity index (χ3v) is 5.39. The average Bonchev–Trinajstić information content (AvgIpc) is 2.38. The van der Waals surface area contributed by atoms with Gasteiger partial charge in [0.15, 0.2) is 0 Å². The predicted octanol–water partition coefficient (Wildman–Crippen LogP) is 4.34. The number of benzene rings is 1. The van der Waals surface area contributed by atoms with Crippen LogP contribution in [0.1, 0.15) is 70.0 Å². The van der Waals surface area contributed by atoms with Crippen LogP contribution in [0.5, 0.6) is 0 Å². The molecule has 0 bridgehead atoms. The van der Waals surface area contributed by atoms with E-state index >= 15 is 0 Å². The van der Waals surface area contributed by atoms with E-state index in [9.17, 15) is 0 Å². The van der Waals surface area contributed by atoms with Crippen LogP contribution >= 0.6 is 0 Å². The minimum absolute atomic E-state index is 0.108. The first-order valence-corrected chi connectivity index (χ1v) is 8.56. The molecule has 0 spiro atoms. The molecule has 1 aromatic rings. The third-order valence-electron chi connectivity index (χ3n) is 5.39. The molecule has 2 heteroatoms. The molecular formula is C19H32N2. The number of likely N-dealkylation sites (N-methyl/N-ethyl adjacent to an activating group) is 2. The minimum Gasteiger partial charge on any atom is -0.311 e. The average molecular weight is 288 g/mol. The molecule has 1 saturated carbocycles. The molecule has 0 heterocycles.